The molecule has 0 radical (unpaired) electrons. The summed E-state index contributed by atoms with van der Waals surface area (Å²) in [7, 11) is 0. The Morgan fingerprint density at radius 3 is 2.05 bits per heavy atom. The molecule has 1 aliphatic rings. The number of carbonyl (C=O) groups excluding carboxylic acids is 2. The van der Waals surface area contributed by atoms with Crippen molar-refractivity contribution in [2.75, 3.05) is 26.3 Å². The first kappa shape index (κ1) is 40.3. The third-order valence-electron chi connectivity index (χ3n) is 6.43. The molecule has 4 rings (SSSR count). The molecule has 1 aromatic heterocycles. The number of ketones is 1. The van der Waals surface area contributed by atoms with Crippen LogP contribution in [0.1, 0.15) is 104 Å². The van der Waals surface area contributed by atoms with E-state index in [-0.39, 0.29) is 18.2 Å². The predicted octanol–water partition coefficient (Wildman–Crippen LogP) is 8.85. The fourth-order valence-corrected chi connectivity index (χ4v) is 3.88. The van der Waals surface area contributed by atoms with Gasteiger partial charge in [0.2, 0.25) is 0 Å². The third kappa shape index (κ3) is 12.9. The lowest BCUT2D eigenvalue weighted by Gasteiger charge is -2.26. The number of aromatic nitrogens is 2. The summed E-state index contributed by atoms with van der Waals surface area (Å²) in [5, 5.41) is 3.23. The molecule has 1 fully saturated rings. The van der Waals surface area contributed by atoms with Crippen molar-refractivity contribution >= 4 is 34.0 Å². The van der Waals surface area contributed by atoms with Crippen LogP contribution < -0.4 is 5.32 Å². The maximum atomic E-state index is 12.9. The number of hydrogen-bond acceptors (Lipinski definition) is 5. The van der Waals surface area contributed by atoms with Gasteiger partial charge in [0.05, 0.1) is 30.8 Å². The van der Waals surface area contributed by atoms with Gasteiger partial charge in [-0.05, 0) is 43.5 Å². The highest BCUT2D eigenvalue weighted by molar-refractivity contribution is 5.98. The molecule has 1 saturated heterocycles. The van der Waals surface area contributed by atoms with Crippen LogP contribution in [0.5, 0.6) is 0 Å². The molecule has 0 bridgehead atoms. The van der Waals surface area contributed by atoms with Crippen LogP contribution in [-0.4, -0.2) is 52.4 Å². The van der Waals surface area contributed by atoms with E-state index < -0.39 is 0 Å². The molecule has 1 N–H and O–H groups in total. The van der Waals surface area contributed by atoms with Crippen molar-refractivity contribution in [3.8, 4) is 0 Å². The Labute approximate surface area is 267 Å². The Balaban J connectivity index is 0.00000148. The number of amides is 1. The molecule has 0 saturated carbocycles. The number of fused-ring (bicyclic) bond motifs is 1. The molecule has 2 heterocycles. The second-order valence-electron chi connectivity index (χ2n) is 9.95. The van der Waals surface area contributed by atoms with Crippen LogP contribution in [0.15, 0.2) is 61.3 Å². The van der Waals surface area contributed by atoms with Crippen LogP contribution in [0.3, 0.4) is 0 Å². The molecular formula is C37H58N4O3. The number of ether oxygens (including phenoxy) is 1. The van der Waals surface area contributed by atoms with Crippen molar-refractivity contribution < 1.29 is 14.3 Å². The predicted molar refractivity (Wildman–Crippen MR) is 189 cm³/mol. The summed E-state index contributed by atoms with van der Waals surface area (Å²) in [5.41, 5.74) is 4.69. The summed E-state index contributed by atoms with van der Waals surface area (Å²) in [6, 6.07) is 15.3. The van der Waals surface area contributed by atoms with Crippen LogP contribution >= 0.6 is 0 Å². The number of rotatable bonds is 8. The number of hydrogen-bond donors (Lipinski definition) is 1. The molecule has 1 amide bonds. The normalized spacial score (nSPS) is 12.3. The lowest BCUT2D eigenvalue weighted by molar-refractivity contribution is -0.117. The van der Waals surface area contributed by atoms with Gasteiger partial charge in [-0.25, -0.2) is 4.98 Å². The van der Waals surface area contributed by atoms with Crippen LogP contribution in [0.25, 0.3) is 22.3 Å². The first-order valence-corrected chi connectivity index (χ1v) is 16.3. The van der Waals surface area contributed by atoms with Gasteiger partial charge in [-0.2, -0.15) is 0 Å². The summed E-state index contributed by atoms with van der Waals surface area (Å²) in [6.07, 6.45) is 3.15. The van der Waals surface area contributed by atoms with Crippen molar-refractivity contribution in [2.45, 2.75) is 89.1 Å². The van der Waals surface area contributed by atoms with Gasteiger partial charge in [-0.15, -0.1) is 0 Å². The fraction of sp³-hybridized carbons (Fsp3) is 0.486. The Bertz CT molecular complexity index is 1290. The summed E-state index contributed by atoms with van der Waals surface area (Å²) in [6.45, 7) is 28.7. The summed E-state index contributed by atoms with van der Waals surface area (Å²) < 4.78 is 7.23. The van der Waals surface area contributed by atoms with Crippen LogP contribution in [0.4, 0.5) is 0 Å². The number of nitrogens with zero attached hydrogens (tertiary/aromatic N) is 3. The van der Waals surface area contributed by atoms with E-state index in [0.29, 0.717) is 43.2 Å². The third-order valence-corrected chi connectivity index (χ3v) is 6.43. The van der Waals surface area contributed by atoms with E-state index in [1.807, 2.05) is 95.6 Å². The van der Waals surface area contributed by atoms with E-state index in [1.165, 1.54) is 6.42 Å². The maximum absolute atomic E-state index is 12.9. The zero-order chi connectivity index (χ0) is 33.7. The Morgan fingerprint density at radius 2 is 1.52 bits per heavy atom. The Hall–Kier alpha value is -3.71. The van der Waals surface area contributed by atoms with Crippen LogP contribution in [0, 0.1) is 5.92 Å². The van der Waals surface area contributed by atoms with Gasteiger partial charge < -0.3 is 19.5 Å². The highest BCUT2D eigenvalue weighted by Crippen LogP contribution is 2.24. The monoisotopic (exact) mass is 606 g/mol. The summed E-state index contributed by atoms with van der Waals surface area (Å²) in [4.78, 5) is 31.5. The molecule has 0 aliphatic carbocycles. The average Bonchev–Trinajstić information content (AvgIpc) is 3.43. The van der Waals surface area contributed by atoms with E-state index in [1.54, 1.807) is 24.0 Å². The molecular weight excluding hydrogens is 548 g/mol. The van der Waals surface area contributed by atoms with E-state index >= 15 is 0 Å². The lowest BCUT2D eigenvalue weighted by atomic mass is 10.1. The minimum atomic E-state index is -0.0315. The second-order valence-corrected chi connectivity index (χ2v) is 9.95. The van der Waals surface area contributed by atoms with Crippen molar-refractivity contribution in [1.82, 2.24) is 19.8 Å². The quantitative estimate of drug-likeness (QED) is 0.277. The Kier molecular flexibility index (Phi) is 20.9. The van der Waals surface area contributed by atoms with E-state index in [0.717, 1.165) is 28.3 Å². The molecule has 3 aromatic rings. The van der Waals surface area contributed by atoms with Crippen molar-refractivity contribution in [3.63, 3.8) is 0 Å². The zero-order valence-electron chi connectivity index (χ0n) is 29.3. The smallest absolute Gasteiger partial charge is 0.254 e. The van der Waals surface area contributed by atoms with Gasteiger partial charge in [-0.3, -0.25) is 9.59 Å². The first-order chi connectivity index (χ1) is 21.2. The van der Waals surface area contributed by atoms with Crippen molar-refractivity contribution in [3.05, 3.63) is 78.3 Å². The minimum Gasteiger partial charge on any atom is -0.378 e. The standard InChI is InChI=1S/C26H28N4O3.C5H12.3C2H6/c1-18(16-27-20(3)21-7-5-4-6-8-21)25-28-23-15-22(26(32)29-11-13-33-14-12-29)9-10-24(23)30(25)17-19(2)31;1-4-5(2)3;3*1-2/h4-10,15-16,27H,3,11-14,17H2,1-2H3;5H,4H2,1-3H3;3*1-2H3/b18-16+;;;;. The highest BCUT2D eigenvalue weighted by Gasteiger charge is 2.21. The molecule has 7 nitrogen and oxygen atoms in total. The molecule has 244 valence electrons. The van der Waals surface area contributed by atoms with Crippen LogP contribution in [0.2, 0.25) is 0 Å². The van der Waals surface area contributed by atoms with Gasteiger partial charge in [-0.1, -0.05) is 106 Å². The lowest BCUT2D eigenvalue weighted by Crippen LogP contribution is -2.40. The van der Waals surface area contributed by atoms with Crippen LogP contribution in [-0.2, 0) is 16.1 Å². The summed E-state index contributed by atoms with van der Waals surface area (Å²) >= 11 is 0. The van der Waals surface area contributed by atoms with E-state index in [2.05, 4.69) is 32.7 Å². The van der Waals surface area contributed by atoms with Gasteiger partial charge in [0.1, 0.15) is 11.6 Å². The highest BCUT2D eigenvalue weighted by atomic mass is 16.5. The molecule has 0 atom stereocenters. The average molecular weight is 607 g/mol. The minimum absolute atomic E-state index is 0.0264. The molecule has 0 spiro atoms. The number of carbonyl (C=O) groups is 2. The summed E-state index contributed by atoms with van der Waals surface area (Å²) in [5.74, 6) is 1.55. The number of Topliss-reactive ketones (excluding diaryl/α,β-unsaturated/α-hetero) is 1. The van der Waals surface area contributed by atoms with E-state index in [4.69, 9.17) is 9.72 Å². The molecule has 7 heteroatoms. The number of benzene rings is 2. The topological polar surface area (TPSA) is 76.5 Å². The molecule has 2 aromatic carbocycles. The maximum Gasteiger partial charge on any atom is 0.254 e. The molecule has 44 heavy (non-hydrogen) atoms. The van der Waals surface area contributed by atoms with Gasteiger partial charge >= 0.3 is 0 Å². The number of allylic oxidation sites excluding steroid dienone is 1. The number of morpholine rings is 1. The first-order valence-electron chi connectivity index (χ1n) is 16.3. The number of nitrogens with one attached hydrogen (secondary N) is 1. The molecule has 1 aliphatic heterocycles. The SMILES string of the molecule is C=C(N/C=C(\C)c1nc2cc(C(=O)N3CCOCC3)ccc2n1CC(C)=O)c1ccccc1.CC.CC.CC.CCC(C)C. The number of imidazole rings is 1. The van der Waals surface area contributed by atoms with Gasteiger partial charge in [0.15, 0.2) is 0 Å². The van der Waals surface area contributed by atoms with Crippen molar-refractivity contribution in [1.29, 1.82) is 0 Å². The zero-order valence-corrected chi connectivity index (χ0v) is 29.3. The van der Waals surface area contributed by atoms with Crippen molar-refractivity contribution in [2.24, 2.45) is 5.92 Å². The van der Waals surface area contributed by atoms with Gasteiger partial charge in [0, 0.05) is 36.1 Å². The fourth-order valence-electron chi connectivity index (χ4n) is 3.88. The largest absolute Gasteiger partial charge is 0.378 e. The molecule has 0 unspecified atom stereocenters. The Morgan fingerprint density at radius 1 is 0.955 bits per heavy atom. The second kappa shape index (κ2) is 22.8. The van der Waals surface area contributed by atoms with Gasteiger partial charge in [0.25, 0.3) is 5.91 Å². The van der Waals surface area contributed by atoms with E-state index in [9.17, 15) is 9.59 Å².